The van der Waals surface area contributed by atoms with Crippen LogP contribution in [-0.4, -0.2) is 11.1 Å². The number of aliphatic imine (C=N–C) groups is 1. The molecule has 1 aliphatic rings. The van der Waals surface area contributed by atoms with Gasteiger partial charge in [-0.3, -0.25) is 4.79 Å². The number of hydrogen-bond donors (Lipinski definition) is 1. The van der Waals surface area contributed by atoms with Gasteiger partial charge < -0.3 is 9.73 Å². The van der Waals surface area contributed by atoms with Crippen LogP contribution in [0.3, 0.4) is 0 Å². The molecule has 7 heteroatoms. The molecule has 1 aliphatic heterocycles. The normalized spacial score (nSPS) is 16.9. The molecule has 0 aliphatic carbocycles. The Hall–Kier alpha value is -2.47. The number of carbonyl (C=O) groups excluding carboxylic acids is 1. The number of amides is 1. The summed E-state index contributed by atoms with van der Waals surface area (Å²) in [5, 5.41) is 4.36. The molecule has 1 N–H and O–H groups in total. The number of halogens is 2. The molecule has 0 radical (unpaired) electrons. The van der Waals surface area contributed by atoms with Gasteiger partial charge in [-0.15, -0.1) is 0 Å². The number of thioether (sulfide) groups is 1. The van der Waals surface area contributed by atoms with Crippen LogP contribution in [0.4, 0.5) is 5.69 Å². The van der Waals surface area contributed by atoms with Crippen LogP contribution in [0.5, 0.6) is 0 Å². The Labute approximate surface area is 169 Å². The number of amidine groups is 1. The molecular formula is C20H12Cl2N2O2S. The second-order valence-corrected chi connectivity index (χ2v) is 7.52. The minimum atomic E-state index is -0.230. The number of carbonyl (C=O) groups is 1. The highest BCUT2D eigenvalue weighted by atomic mass is 35.5. The Morgan fingerprint density at radius 1 is 1.04 bits per heavy atom. The highest BCUT2D eigenvalue weighted by molar-refractivity contribution is 8.18. The fourth-order valence-electron chi connectivity index (χ4n) is 2.49. The minimum absolute atomic E-state index is 0.230. The molecular weight excluding hydrogens is 403 g/mol. The molecule has 2 heterocycles. The van der Waals surface area contributed by atoms with Crippen LogP contribution >= 0.6 is 35.0 Å². The van der Waals surface area contributed by atoms with Gasteiger partial charge in [0.05, 0.1) is 15.6 Å². The zero-order valence-electron chi connectivity index (χ0n) is 13.8. The van der Waals surface area contributed by atoms with Crippen LogP contribution in [0.1, 0.15) is 5.76 Å². The van der Waals surface area contributed by atoms with Gasteiger partial charge in [0.2, 0.25) is 0 Å². The van der Waals surface area contributed by atoms with Gasteiger partial charge in [-0.1, -0.05) is 47.5 Å². The maximum atomic E-state index is 12.2. The largest absolute Gasteiger partial charge is 0.457 e. The van der Waals surface area contributed by atoms with Gasteiger partial charge in [-0.2, -0.15) is 0 Å². The van der Waals surface area contributed by atoms with Crippen LogP contribution in [0.25, 0.3) is 17.4 Å². The average Bonchev–Trinajstić information content (AvgIpc) is 3.24. The molecule has 4 nitrogen and oxygen atoms in total. The Morgan fingerprint density at radius 3 is 2.70 bits per heavy atom. The van der Waals surface area contributed by atoms with Crippen molar-refractivity contribution < 1.29 is 9.21 Å². The van der Waals surface area contributed by atoms with Crippen molar-refractivity contribution >= 4 is 57.8 Å². The number of nitrogens with one attached hydrogen (secondary N) is 1. The highest BCUT2D eigenvalue weighted by Crippen LogP contribution is 2.32. The number of rotatable bonds is 3. The summed E-state index contributed by atoms with van der Waals surface area (Å²) < 4.78 is 5.82. The molecule has 0 bridgehead atoms. The van der Waals surface area contributed by atoms with Crippen molar-refractivity contribution in [2.24, 2.45) is 4.99 Å². The van der Waals surface area contributed by atoms with Crippen molar-refractivity contribution in [3.63, 3.8) is 0 Å². The summed E-state index contributed by atoms with van der Waals surface area (Å²) in [4.78, 5) is 17.1. The molecule has 0 spiro atoms. The summed E-state index contributed by atoms with van der Waals surface area (Å²) in [6.45, 7) is 0. The van der Waals surface area contributed by atoms with Crippen molar-refractivity contribution in [1.82, 2.24) is 5.32 Å². The minimum Gasteiger partial charge on any atom is -0.457 e. The van der Waals surface area contributed by atoms with E-state index in [9.17, 15) is 4.79 Å². The van der Waals surface area contributed by atoms with Crippen LogP contribution < -0.4 is 5.32 Å². The van der Waals surface area contributed by atoms with Crippen LogP contribution in [-0.2, 0) is 4.79 Å². The van der Waals surface area contributed by atoms with Crippen molar-refractivity contribution in [3.05, 3.63) is 81.4 Å². The van der Waals surface area contributed by atoms with Crippen molar-refractivity contribution in [2.45, 2.75) is 0 Å². The summed E-state index contributed by atoms with van der Waals surface area (Å²) in [6.07, 6.45) is 1.68. The Morgan fingerprint density at radius 2 is 1.89 bits per heavy atom. The average molecular weight is 415 g/mol. The SMILES string of the molecule is O=C1NC(=Nc2ccccc2Cl)S/C1=C\c1ccc(-c2cccc(Cl)c2)o1. The predicted octanol–water partition coefficient (Wildman–Crippen LogP) is 6.15. The second kappa shape index (κ2) is 7.64. The van der Waals surface area contributed by atoms with Crippen LogP contribution in [0, 0.1) is 0 Å². The molecule has 134 valence electrons. The first-order valence-corrected chi connectivity index (χ1v) is 9.55. The summed E-state index contributed by atoms with van der Waals surface area (Å²) in [7, 11) is 0. The maximum Gasteiger partial charge on any atom is 0.264 e. The summed E-state index contributed by atoms with van der Waals surface area (Å²) in [6, 6.07) is 18.2. The first-order valence-electron chi connectivity index (χ1n) is 7.98. The lowest BCUT2D eigenvalue weighted by atomic mass is 10.2. The molecule has 1 fully saturated rings. The number of para-hydroxylation sites is 1. The standard InChI is InChI=1S/C20H12Cl2N2O2S/c21-13-5-3-4-12(10-13)17-9-8-14(26-17)11-18-19(25)24-20(27-18)23-16-7-2-1-6-15(16)22/h1-11H,(H,23,24,25)/b18-11-. The van der Waals surface area contributed by atoms with Gasteiger partial charge in [0, 0.05) is 16.7 Å². The van der Waals surface area contributed by atoms with E-state index in [1.54, 1.807) is 30.3 Å². The smallest absolute Gasteiger partial charge is 0.264 e. The van der Waals surface area contributed by atoms with Crippen LogP contribution in [0.2, 0.25) is 10.0 Å². The van der Waals surface area contributed by atoms with Crippen LogP contribution in [0.15, 0.2) is 75.0 Å². The van der Waals surface area contributed by atoms with E-state index in [0.29, 0.717) is 37.3 Å². The van der Waals surface area contributed by atoms with Gasteiger partial charge in [0.1, 0.15) is 11.5 Å². The summed E-state index contributed by atoms with van der Waals surface area (Å²) in [5.41, 5.74) is 1.47. The first-order chi connectivity index (χ1) is 13.1. The molecule has 0 unspecified atom stereocenters. The molecule has 2 aromatic carbocycles. The first kappa shape index (κ1) is 17.9. The lowest BCUT2D eigenvalue weighted by Gasteiger charge is -1.98. The number of hydrogen-bond acceptors (Lipinski definition) is 4. The lowest BCUT2D eigenvalue weighted by molar-refractivity contribution is -0.115. The molecule has 3 aromatic rings. The third-order valence-electron chi connectivity index (χ3n) is 3.73. The number of nitrogens with zero attached hydrogens (tertiary/aromatic N) is 1. The van der Waals surface area contributed by atoms with Crippen molar-refractivity contribution in [1.29, 1.82) is 0 Å². The van der Waals surface area contributed by atoms with Crippen molar-refractivity contribution in [3.8, 4) is 11.3 Å². The topological polar surface area (TPSA) is 54.6 Å². The van der Waals surface area contributed by atoms with E-state index in [1.165, 1.54) is 11.8 Å². The van der Waals surface area contributed by atoms with E-state index in [2.05, 4.69) is 10.3 Å². The Kier molecular flexibility index (Phi) is 5.07. The zero-order valence-corrected chi connectivity index (χ0v) is 16.1. The quantitative estimate of drug-likeness (QED) is 0.523. The fourth-order valence-corrected chi connectivity index (χ4v) is 3.67. The zero-order chi connectivity index (χ0) is 18.8. The number of benzene rings is 2. The van der Waals surface area contributed by atoms with Gasteiger partial charge in [-0.05, 0) is 48.2 Å². The molecule has 27 heavy (non-hydrogen) atoms. The lowest BCUT2D eigenvalue weighted by Crippen LogP contribution is -2.19. The molecule has 1 saturated heterocycles. The van der Waals surface area contributed by atoms with E-state index in [4.69, 9.17) is 27.6 Å². The van der Waals surface area contributed by atoms with E-state index in [1.807, 2.05) is 36.4 Å². The molecule has 0 atom stereocenters. The predicted molar refractivity (Wildman–Crippen MR) is 111 cm³/mol. The molecule has 1 amide bonds. The Balaban J connectivity index is 1.56. The molecule has 1 aromatic heterocycles. The third kappa shape index (κ3) is 4.11. The highest BCUT2D eigenvalue weighted by Gasteiger charge is 2.24. The fraction of sp³-hybridized carbons (Fsp3) is 0. The second-order valence-electron chi connectivity index (χ2n) is 5.65. The third-order valence-corrected chi connectivity index (χ3v) is 5.20. The molecule has 4 rings (SSSR count). The Bertz CT molecular complexity index is 1090. The van der Waals surface area contributed by atoms with Crippen molar-refractivity contribution in [2.75, 3.05) is 0 Å². The summed E-state index contributed by atoms with van der Waals surface area (Å²) >= 11 is 13.4. The van der Waals surface area contributed by atoms with Gasteiger partial charge in [0.15, 0.2) is 5.17 Å². The van der Waals surface area contributed by atoms with E-state index >= 15 is 0 Å². The van der Waals surface area contributed by atoms with Gasteiger partial charge >= 0.3 is 0 Å². The van der Waals surface area contributed by atoms with E-state index in [-0.39, 0.29) is 5.91 Å². The van der Waals surface area contributed by atoms with Gasteiger partial charge in [0.25, 0.3) is 5.91 Å². The monoisotopic (exact) mass is 414 g/mol. The van der Waals surface area contributed by atoms with E-state index in [0.717, 1.165) is 5.56 Å². The number of furan rings is 1. The van der Waals surface area contributed by atoms with E-state index < -0.39 is 0 Å². The molecule has 0 saturated carbocycles. The maximum absolute atomic E-state index is 12.2. The van der Waals surface area contributed by atoms with Gasteiger partial charge in [-0.25, -0.2) is 4.99 Å². The summed E-state index contributed by atoms with van der Waals surface area (Å²) in [5.74, 6) is 1.02.